The van der Waals surface area contributed by atoms with E-state index in [-0.39, 0.29) is 5.91 Å². The molecule has 0 saturated heterocycles. The average molecular weight is 407 g/mol. The van der Waals surface area contributed by atoms with Gasteiger partial charge in [-0.1, -0.05) is 13.8 Å². The van der Waals surface area contributed by atoms with Crippen molar-refractivity contribution in [3.05, 3.63) is 52.4 Å². The van der Waals surface area contributed by atoms with E-state index in [1.165, 1.54) is 36.0 Å². The van der Waals surface area contributed by atoms with Crippen molar-refractivity contribution in [2.24, 2.45) is 5.10 Å². The van der Waals surface area contributed by atoms with Crippen LogP contribution in [0.2, 0.25) is 0 Å². The van der Waals surface area contributed by atoms with Crippen LogP contribution in [0.3, 0.4) is 0 Å². The number of aromatic nitrogens is 3. The first-order valence-electron chi connectivity index (χ1n) is 10.9. The van der Waals surface area contributed by atoms with Crippen LogP contribution in [0.25, 0.3) is 6.08 Å². The molecule has 1 saturated carbocycles. The van der Waals surface area contributed by atoms with Crippen molar-refractivity contribution in [3.63, 3.8) is 0 Å². The molecule has 2 aromatic heterocycles. The Morgan fingerprint density at radius 2 is 2.07 bits per heavy atom. The van der Waals surface area contributed by atoms with Crippen LogP contribution in [0.1, 0.15) is 67.2 Å². The summed E-state index contributed by atoms with van der Waals surface area (Å²) in [5.41, 5.74) is 9.42. The molecule has 0 aromatic carbocycles. The summed E-state index contributed by atoms with van der Waals surface area (Å²) in [5.74, 6) is 0.398. The van der Waals surface area contributed by atoms with E-state index < -0.39 is 0 Å². The normalized spacial score (nSPS) is 17.7. The second-order valence-corrected chi connectivity index (χ2v) is 8.01. The summed E-state index contributed by atoms with van der Waals surface area (Å²) in [6, 6.07) is 1.77. The van der Waals surface area contributed by atoms with E-state index in [0.29, 0.717) is 22.9 Å². The Morgan fingerprint density at radius 3 is 2.73 bits per heavy atom. The summed E-state index contributed by atoms with van der Waals surface area (Å²) < 4.78 is 0. The molecule has 2 aliphatic rings. The summed E-state index contributed by atoms with van der Waals surface area (Å²) in [7, 11) is 0. The van der Waals surface area contributed by atoms with E-state index in [1.54, 1.807) is 12.3 Å². The number of rotatable bonds is 9. The Balaban J connectivity index is 1.63. The third-order valence-electron chi connectivity index (χ3n) is 6.05. The number of aromatic amines is 1. The Kier molecular flexibility index (Phi) is 6.08. The van der Waals surface area contributed by atoms with E-state index >= 15 is 0 Å². The highest BCUT2D eigenvalue weighted by Gasteiger charge is 2.32. The van der Waals surface area contributed by atoms with Crippen LogP contribution in [0.5, 0.6) is 0 Å². The Morgan fingerprint density at radius 1 is 1.27 bits per heavy atom. The average Bonchev–Trinajstić information content (AvgIpc) is 3.47. The molecule has 7 nitrogen and oxygen atoms in total. The van der Waals surface area contributed by atoms with Crippen LogP contribution in [-0.4, -0.2) is 51.1 Å². The van der Waals surface area contributed by atoms with Gasteiger partial charge in [0, 0.05) is 17.6 Å². The minimum Gasteiger partial charge on any atom is -0.359 e. The quantitative estimate of drug-likeness (QED) is 0.626. The highest BCUT2D eigenvalue weighted by Crippen LogP contribution is 2.45. The summed E-state index contributed by atoms with van der Waals surface area (Å²) >= 11 is 0. The molecule has 2 aromatic rings. The number of nitrogens with zero attached hydrogens (tertiary/aromatic N) is 4. The molecule has 7 heteroatoms. The molecular weight excluding hydrogens is 376 g/mol. The lowest BCUT2D eigenvalue weighted by atomic mass is 9.98. The lowest BCUT2D eigenvalue weighted by Crippen LogP contribution is -2.24. The van der Waals surface area contributed by atoms with Gasteiger partial charge < -0.3 is 9.88 Å². The summed E-state index contributed by atoms with van der Waals surface area (Å²) in [5, 5.41) is 4.21. The molecule has 1 aliphatic heterocycles. The number of aryl methyl sites for hydroxylation is 1. The van der Waals surface area contributed by atoms with Gasteiger partial charge >= 0.3 is 0 Å². The van der Waals surface area contributed by atoms with E-state index in [9.17, 15) is 4.79 Å². The third-order valence-corrected chi connectivity index (χ3v) is 6.05. The van der Waals surface area contributed by atoms with E-state index in [2.05, 4.69) is 51.2 Å². The van der Waals surface area contributed by atoms with Crippen molar-refractivity contribution in [2.75, 3.05) is 19.6 Å². The lowest BCUT2D eigenvalue weighted by Gasteiger charge is -2.17. The van der Waals surface area contributed by atoms with Crippen LogP contribution in [-0.2, 0) is 11.2 Å². The van der Waals surface area contributed by atoms with Gasteiger partial charge in [-0.3, -0.25) is 4.79 Å². The van der Waals surface area contributed by atoms with Crippen LogP contribution in [0, 0.1) is 6.92 Å². The van der Waals surface area contributed by atoms with Gasteiger partial charge in [-0.25, -0.2) is 15.4 Å². The number of H-pyrrole nitrogens is 1. The highest BCUT2D eigenvalue weighted by atomic mass is 16.2. The first-order valence-corrected chi connectivity index (χ1v) is 10.9. The second-order valence-electron chi connectivity index (χ2n) is 8.01. The monoisotopic (exact) mass is 406 g/mol. The van der Waals surface area contributed by atoms with Crippen LogP contribution in [0.15, 0.2) is 29.3 Å². The van der Waals surface area contributed by atoms with Crippen molar-refractivity contribution in [1.82, 2.24) is 25.3 Å². The fourth-order valence-electron chi connectivity index (χ4n) is 4.24. The van der Waals surface area contributed by atoms with Crippen molar-refractivity contribution in [2.45, 2.75) is 52.4 Å². The molecule has 0 radical (unpaired) electrons. The molecule has 0 unspecified atom stereocenters. The zero-order chi connectivity index (χ0) is 21.1. The van der Waals surface area contributed by atoms with Crippen LogP contribution < -0.4 is 5.43 Å². The SMILES string of the molecule is CCN(CC)CCCc1c(C)[nH]c(/C=C2/C(=O)NN=C2c2ccncn2)c1C1CC1. The molecule has 0 spiro atoms. The van der Waals surface area contributed by atoms with Crippen molar-refractivity contribution < 1.29 is 4.79 Å². The predicted molar refractivity (Wildman–Crippen MR) is 118 cm³/mol. The fourth-order valence-corrected chi connectivity index (χ4v) is 4.24. The van der Waals surface area contributed by atoms with Gasteiger partial charge in [0.25, 0.3) is 5.91 Å². The Hall–Kier alpha value is -2.80. The van der Waals surface area contributed by atoms with E-state index in [1.807, 2.05) is 6.08 Å². The summed E-state index contributed by atoms with van der Waals surface area (Å²) in [6.07, 6.45) is 9.73. The number of hydrogen-bond donors (Lipinski definition) is 2. The van der Waals surface area contributed by atoms with Crippen molar-refractivity contribution >= 4 is 17.7 Å². The van der Waals surface area contributed by atoms with Gasteiger partial charge in [0.05, 0.1) is 11.3 Å². The first kappa shape index (κ1) is 20.5. The Labute approximate surface area is 177 Å². The smallest absolute Gasteiger partial charge is 0.273 e. The van der Waals surface area contributed by atoms with Crippen molar-refractivity contribution in [3.8, 4) is 0 Å². The number of carbonyl (C=O) groups excluding carboxylic acids is 1. The van der Waals surface area contributed by atoms with E-state index in [4.69, 9.17) is 0 Å². The number of hydrazone groups is 1. The lowest BCUT2D eigenvalue weighted by molar-refractivity contribution is -0.116. The minimum absolute atomic E-state index is 0.194. The van der Waals surface area contributed by atoms with Crippen LogP contribution in [0.4, 0.5) is 0 Å². The second kappa shape index (κ2) is 8.92. The maximum atomic E-state index is 12.5. The molecule has 158 valence electrons. The minimum atomic E-state index is -0.194. The molecule has 0 bridgehead atoms. The highest BCUT2D eigenvalue weighted by molar-refractivity contribution is 6.32. The molecule has 3 heterocycles. The van der Waals surface area contributed by atoms with E-state index in [0.717, 1.165) is 38.2 Å². The topological polar surface area (TPSA) is 86.3 Å². The number of nitrogens with one attached hydrogen (secondary N) is 2. The Bertz CT molecular complexity index is 967. The first-order chi connectivity index (χ1) is 14.6. The molecular formula is C23H30N6O. The third kappa shape index (κ3) is 4.21. The van der Waals surface area contributed by atoms with Gasteiger partial charge in [0.15, 0.2) is 0 Å². The van der Waals surface area contributed by atoms with Crippen molar-refractivity contribution in [1.29, 1.82) is 0 Å². The summed E-state index contributed by atoms with van der Waals surface area (Å²) in [4.78, 5) is 26.8. The van der Waals surface area contributed by atoms with Gasteiger partial charge in [-0.2, -0.15) is 5.10 Å². The predicted octanol–water partition coefficient (Wildman–Crippen LogP) is 3.18. The number of hydrogen-bond acceptors (Lipinski definition) is 5. The van der Waals surface area contributed by atoms with Gasteiger partial charge in [0.2, 0.25) is 0 Å². The summed E-state index contributed by atoms with van der Waals surface area (Å²) in [6.45, 7) is 9.88. The van der Waals surface area contributed by atoms with Gasteiger partial charge in [0.1, 0.15) is 12.0 Å². The maximum absolute atomic E-state index is 12.5. The largest absolute Gasteiger partial charge is 0.359 e. The van der Waals surface area contributed by atoms with Gasteiger partial charge in [-0.05, 0) is 81.4 Å². The number of carbonyl (C=O) groups is 1. The zero-order valence-electron chi connectivity index (χ0n) is 18.0. The molecule has 1 fully saturated rings. The molecule has 1 amide bonds. The number of amides is 1. The van der Waals surface area contributed by atoms with Crippen LogP contribution >= 0.6 is 0 Å². The molecule has 30 heavy (non-hydrogen) atoms. The standard InChI is InChI=1S/C23H30N6O/c1-4-29(5-2)12-6-7-17-15(3)26-20(21(17)16-8-9-16)13-18-22(27-28-23(18)30)19-10-11-24-14-25-19/h10-11,13-14,16,26H,4-9,12H2,1-3H3,(H,28,30)/b18-13+. The molecule has 2 N–H and O–H groups in total. The molecule has 1 aliphatic carbocycles. The molecule has 4 rings (SSSR count). The fraction of sp³-hybridized carbons (Fsp3) is 0.478. The zero-order valence-corrected chi connectivity index (χ0v) is 18.0. The molecule has 0 atom stereocenters. The van der Waals surface area contributed by atoms with Gasteiger partial charge in [-0.15, -0.1) is 0 Å². The maximum Gasteiger partial charge on any atom is 0.273 e.